The molecule has 0 bridgehead atoms. The van der Waals surface area contributed by atoms with Gasteiger partial charge in [0.05, 0.1) is 18.7 Å². The monoisotopic (exact) mass is 274 g/mol. The predicted octanol–water partition coefficient (Wildman–Crippen LogP) is 3.24. The smallest absolute Gasteiger partial charge is 0.132 e. The fourth-order valence-corrected chi connectivity index (χ4v) is 2.30. The lowest BCUT2D eigenvalue weighted by Crippen LogP contribution is -2.24. The number of nitrogens with one attached hydrogen (secondary N) is 1. The van der Waals surface area contributed by atoms with E-state index in [9.17, 15) is 4.39 Å². The summed E-state index contributed by atoms with van der Waals surface area (Å²) in [5.41, 5.74) is 2.49. The Morgan fingerprint density at radius 3 is 2.80 bits per heavy atom. The zero-order valence-corrected chi connectivity index (χ0v) is 12.0. The second-order valence-corrected chi connectivity index (χ2v) is 4.64. The number of aromatic nitrogens is 1. The van der Waals surface area contributed by atoms with E-state index in [0.29, 0.717) is 11.3 Å². The number of benzene rings is 1. The van der Waals surface area contributed by atoms with Gasteiger partial charge in [0.1, 0.15) is 11.6 Å². The van der Waals surface area contributed by atoms with Gasteiger partial charge in [-0.25, -0.2) is 4.39 Å². The van der Waals surface area contributed by atoms with Crippen LogP contribution in [0.2, 0.25) is 0 Å². The van der Waals surface area contributed by atoms with E-state index in [2.05, 4.69) is 10.3 Å². The molecule has 0 fully saturated rings. The molecule has 0 amide bonds. The SMILES string of the molecule is CCNC(c1cncc(C)c1)c1c(F)cccc1OC. The van der Waals surface area contributed by atoms with E-state index >= 15 is 0 Å². The molecule has 0 aliphatic carbocycles. The topological polar surface area (TPSA) is 34.2 Å². The van der Waals surface area contributed by atoms with Crippen molar-refractivity contribution in [1.29, 1.82) is 0 Å². The largest absolute Gasteiger partial charge is 0.496 e. The van der Waals surface area contributed by atoms with Crippen molar-refractivity contribution < 1.29 is 9.13 Å². The van der Waals surface area contributed by atoms with E-state index < -0.39 is 0 Å². The van der Waals surface area contributed by atoms with Crippen molar-refractivity contribution in [3.8, 4) is 5.75 Å². The van der Waals surface area contributed by atoms with E-state index in [-0.39, 0.29) is 11.9 Å². The van der Waals surface area contributed by atoms with Gasteiger partial charge in [-0.3, -0.25) is 4.98 Å². The number of halogens is 1. The molecule has 0 saturated heterocycles. The Morgan fingerprint density at radius 2 is 2.15 bits per heavy atom. The number of methoxy groups -OCH3 is 1. The molecule has 2 rings (SSSR count). The van der Waals surface area contributed by atoms with Gasteiger partial charge in [0.15, 0.2) is 0 Å². The molecule has 0 aliphatic rings. The zero-order valence-electron chi connectivity index (χ0n) is 12.0. The first-order valence-corrected chi connectivity index (χ1v) is 6.64. The number of hydrogen-bond donors (Lipinski definition) is 1. The molecule has 1 aromatic carbocycles. The van der Waals surface area contributed by atoms with Crippen LogP contribution in [-0.4, -0.2) is 18.6 Å². The van der Waals surface area contributed by atoms with Crippen molar-refractivity contribution >= 4 is 0 Å². The number of ether oxygens (including phenoxy) is 1. The maximum Gasteiger partial charge on any atom is 0.132 e. The first kappa shape index (κ1) is 14.5. The molecule has 0 saturated carbocycles. The van der Waals surface area contributed by atoms with Crippen LogP contribution in [0.25, 0.3) is 0 Å². The number of aryl methyl sites for hydroxylation is 1. The zero-order chi connectivity index (χ0) is 14.5. The van der Waals surface area contributed by atoms with Gasteiger partial charge in [0.2, 0.25) is 0 Å². The van der Waals surface area contributed by atoms with Crippen molar-refractivity contribution in [2.24, 2.45) is 0 Å². The van der Waals surface area contributed by atoms with E-state index in [4.69, 9.17) is 4.74 Å². The van der Waals surface area contributed by atoms with Crippen LogP contribution < -0.4 is 10.1 Å². The average Bonchev–Trinajstić information content (AvgIpc) is 2.45. The first-order valence-electron chi connectivity index (χ1n) is 6.64. The van der Waals surface area contributed by atoms with E-state index in [1.54, 1.807) is 31.6 Å². The lowest BCUT2D eigenvalue weighted by molar-refractivity contribution is 0.397. The summed E-state index contributed by atoms with van der Waals surface area (Å²) >= 11 is 0. The lowest BCUT2D eigenvalue weighted by atomic mass is 9.97. The third kappa shape index (κ3) is 2.96. The normalized spacial score (nSPS) is 12.2. The standard InChI is InChI=1S/C16H19FN2O/c1-4-19-16(12-8-11(2)9-18-10-12)15-13(17)6-5-7-14(15)20-3/h5-10,16,19H,4H2,1-3H3. The molecular formula is C16H19FN2O. The van der Waals surface area contributed by atoms with Crippen molar-refractivity contribution in [3.63, 3.8) is 0 Å². The number of hydrogen-bond acceptors (Lipinski definition) is 3. The molecule has 0 aliphatic heterocycles. The van der Waals surface area contributed by atoms with Gasteiger partial charge < -0.3 is 10.1 Å². The van der Waals surface area contributed by atoms with E-state index in [1.165, 1.54) is 6.07 Å². The molecule has 1 N–H and O–H groups in total. The molecule has 2 aromatic rings. The second kappa shape index (κ2) is 6.48. The van der Waals surface area contributed by atoms with Crippen molar-refractivity contribution in [1.82, 2.24) is 10.3 Å². The minimum absolute atomic E-state index is 0.274. The van der Waals surface area contributed by atoms with Crippen LogP contribution in [0.5, 0.6) is 5.75 Å². The van der Waals surface area contributed by atoms with Gasteiger partial charge in [-0.05, 0) is 36.7 Å². The Hall–Kier alpha value is -1.94. The summed E-state index contributed by atoms with van der Waals surface area (Å²) in [5, 5.41) is 3.30. The van der Waals surface area contributed by atoms with Crippen LogP contribution in [0.1, 0.15) is 29.7 Å². The summed E-state index contributed by atoms with van der Waals surface area (Å²) in [6, 6.07) is 6.60. The fourth-order valence-electron chi connectivity index (χ4n) is 2.30. The fraction of sp³-hybridized carbons (Fsp3) is 0.312. The second-order valence-electron chi connectivity index (χ2n) is 4.64. The highest BCUT2D eigenvalue weighted by Gasteiger charge is 2.21. The summed E-state index contributed by atoms with van der Waals surface area (Å²) in [4.78, 5) is 4.19. The first-order chi connectivity index (χ1) is 9.67. The molecule has 1 aromatic heterocycles. The maximum atomic E-state index is 14.3. The predicted molar refractivity (Wildman–Crippen MR) is 77.4 cm³/mol. The minimum atomic E-state index is -0.281. The van der Waals surface area contributed by atoms with Gasteiger partial charge >= 0.3 is 0 Å². The molecule has 1 unspecified atom stereocenters. The lowest BCUT2D eigenvalue weighted by Gasteiger charge is -2.21. The summed E-state index contributed by atoms with van der Waals surface area (Å²) in [5.74, 6) is 0.259. The molecule has 4 heteroatoms. The summed E-state index contributed by atoms with van der Waals surface area (Å²) in [6.07, 6.45) is 3.54. The Balaban J connectivity index is 2.54. The van der Waals surface area contributed by atoms with Gasteiger partial charge in [0, 0.05) is 12.4 Å². The van der Waals surface area contributed by atoms with Crippen LogP contribution in [0, 0.1) is 12.7 Å². The van der Waals surface area contributed by atoms with E-state index in [0.717, 1.165) is 17.7 Å². The Bertz CT molecular complexity index is 586. The van der Waals surface area contributed by atoms with Gasteiger partial charge in [0.25, 0.3) is 0 Å². The highest BCUT2D eigenvalue weighted by molar-refractivity contribution is 5.42. The Labute approximate surface area is 118 Å². The van der Waals surface area contributed by atoms with Gasteiger partial charge in [-0.15, -0.1) is 0 Å². The minimum Gasteiger partial charge on any atom is -0.496 e. The molecule has 1 heterocycles. The van der Waals surface area contributed by atoms with Crippen LogP contribution in [0.3, 0.4) is 0 Å². The van der Waals surface area contributed by atoms with E-state index in [1.807, 2.05) is 19.9 Å². The Morgan fingerprint density at radius 1 is 1.35 bits per heavy atom. The highest BCUT2D eigenvalue weighted by atomic mass is 19.1. The van der Waals surface area contributed by atoms with Crippen LogP contribution in [0.15, 0.2) is 36.7 Å². The summed E-state index contributed by atoms with van der Waals surface area (Å²) in [6.45, 7) is 4.68. The summed E-state index contributed by atoms with van der Waals surface area (Å²) < 4.78 is 19.6. The molecule has 20 heavy (non-hydrogen) atoms. The van der Waals surface area contributed by atoms with Crippen molar-refractivity contribution in [3.05, 3.63) is 59.2 Å². The maximum absolute atomic E-state index is 14.3. The number of pyridine rings is 1. The average molecular weight is 274 g/mol. The number of rotatable bonds is 5. The van der Waals surface area contributed by atoms with Crippen LogP contribution in [0.4, 0.5) is 4.39 Å². The third-order valence-corrected chi connectivity index (χ3v) is 3.16. The molecule has 1 atom stereocenters. The van der Waals surface area contributed by atoms with Gasteiger partial charge in [-0.1, -0.05) is 19.1 Å². The van der Waals surface area contributed by atoms with Crippen molar-refractivity contribution in [2.45, 2.75) is 19.9 Å². The molecule has 106 valence electrons. The van der Waals surface area contributed by atoms with Crippen LogP contribution in [-0.2, 0) is 0 Å². The molecule has 0 radical (unpaired) electrons. The quantitative estimate of drug-likeness (QED) is 0.909. The number of nitrogens with zero attached hydrogens (tertiary/aromatic N) is 1. The van der Waals surface area contributed by atoms with Gasteiger partial charge in [-0.2, -0.15) is 0 Å². The highest BCUT2D eigenvalue weighted by Crippen LogP contribution is 2.32. The van der Waals surface area contributed by atoms with Crippen molar-refractivity contribution in [2.75, 3.05) is 13.7 Å². The molecule has 0 spiro atoms. The summed E-state index contributed by atoms with van der Waals surface area (Å²) in [7, 11) is 1.55. The molecule has 3 nitrogen and oxygen atoms in total. The third-order valence-electron chi connectivity index (χ3n) is 3.16. The van der Waals surface area contributed by atoms with Crippen LogP contribution >= 0.6 is 0 Å². The Kier molecular flexibility index (Phi) is 4.69. The molecular weight excluding hydrogens is 255 g/mol.